The lowest BCUT2D eigenvalue weighted by Crippen LogP contribution is -2.34. The van der Waals surface area contributed by atoms with Gasteiger partial charge in [-0.2, -0.15) is 13.2 Å². The van der Waals surface area contributed by atoms with Crippen LogP contribution in [0.5, 0.6) is 0 Å². The van der Waals surface area contributed by atoms with Gasteiger partial charge in [0.1, 0.15) is 0 Å². The van der Waals surface area contributed by atoms with Crippen LogP contribution in [-0.4, -0.2) is 76.3 Å². The summed E-state index contributed by atoms with van der Waals surface area (Å²) in [6, 6.07) is 3.63. The van der Waals surface area contributed by atoms with Crippen molar-refractivity contribution < 1.29 is 31.4 Å². The van der Waals surface area contributed by atoms with Crippen LogP contribution >= 0.6 is 0 Å². The molecule has 33 heavy (non-hydrogen) atoms. The molecule has 2 rings (SSSR count). The van der Waals surface area contributed by atoms with Gasteiger partial charge in [-0.3, -0.25) is 0 Å². The first-order valence-electron chi connectivity index (χ1n) is 11.2. The number of nitrogens with zero attached hydrogens (tertiary/aromatic N) is 2. The Balaban J connectivity index is 1.73. The van der Waals surface area contributed by atoms with Crippen LogP contribution in [0.2, 0.25) is 0 Å². The van der Waals surface area contributed by atoms with Crippen LogP contribution in [0.1, 0.15) is 31.2 Å². The largest absolute Gasteiger partial charge is 0.416 e. The topological polar surface area (TPSA) is 70.1 Å². The molecule has 188 valence electrons. The second kappa shape index (κ2) is 12.9. The van der Waals surface area contributed by atoms with Crippen molar-refractivity contribution in [1.29, 1.82) is 0 Å². The molecule has 1 aliphatic carbocycles. The van der Waals surface area contributed by atoms with E-state index < -0.39 is 21.8 Å². The summed E-state index contributed by atoms with van der Waals surface area (Å²) in [5, 5.41) is 8.86. The molecule has 0 unspecified atom stereocenters. The predicted octanol–water partition coefficient (Wildman–Crippen LogP) is 3.63. The summed E-state index contributed by atoms with van der Waals surface area (Å²) in [6.07, 6.45) is 3.19. The van der Waals surface area contributed by atoms with Crippen molar-refractivity contribution in [2.75, 3.05) is 53.6 Å². The number of sulfonamides is 1. The lowest BCUT2D eigenvalue weighted by molar-refractivity contribution is -0.137. The van der Waals surface area contributed by atoms with E-state index in [2.05, 4.69) is 0 Å². The molecule has 1 aliphatic rings. The summed E-state index contributed by atoms with van der Waals surface area (Å²) >= 11 is 0. The lowest BCUT2D eigenvalue weighted by Gasteiger charge is -2.30. The van der Waals surface area contributed by atoms with Gasteiger partial charge < -0.3 is 14.7 Å². The molecule has 0 aliphatic heterocycles. The molecule has 0 spiro atoms. The van der Waals surface area contributed by atoms with E-state index in [-0.39, 0.29) is 17.4 Å². The van der Waals surface area contributed by atoms with Gasteiger partial charge >= 0.3 is 6.18 Å². The first kappa shape index (κ1) is 27.8. The average molecular weight is 493 g/mol. The minimum atomic E-state index is -4.50. The highest BCUT2D eigenvalue weighted by molar-refractivity contribution is 7.89. The highest BCUT2D eigenvalue weighted by Gasteiger charge is 2.32. The van der Waals surface area contributed by atoms with Crippen LogP contribution in [0.15, 0.2) is 41.3 Å². The summed E-state index contributed by atoms with van der Waals surface area (Å²) in [5.41, 5.74) is -0.867. The molecule has 0 bridgehead atoms. The Hall–Kier alpha value is -1.46. The second-order valence-corrected chi connectivity index (χ2v) is 10.7. The molecular weight excluding hydrogens is 457 g/mol. The predicted molar refractivity (Wildman–Crippen MR) is 121 cm³/mol. The molecule has 0 aromatic heterocycles. The van der Waals surface area contributed by atoms with Gasteiger partial charge in [-0.05, 0) is 68.8 Å². The zero-order chi connectivity index (χ0) is 24.5. The SMILES string of the molecule is CN(CC=CCOC[C@H]1CC[C@H](CN(C)S(=O)(=O)c2ccc(C(F)(F)F)cc2)CC1)CCO. The van der Waals surface area contributed by atoms with Crippen LogP contribution in [0.4, 0.5) is 13.2 Å². The molecule has 0 saturated heterocycles. The van der Waals surface area contributed by atoms with Crippen LogP contribution < -0.4 is 0 Å². The van der Waals surface area contributed by atoms with E-state index >= 15 is 0 Å². The minimum absolute atomic E-state index is 0.129. The fourth-order valence-electron chi connectivity index (χ4n) is 3.93. The van der Waals surface area contributed by atoms with Gasteiger partial charge in [0, 0.05) is 33.3 Å². The van der Waals surface area contributed by atoms with Gasteiger partial charge in [0.25, 0.3) is 0 Å². The fourth-order valence-corrected chi connectivity index (χ4v) is 5.17. The molecule has 10 heteroatoms. The number of rotatable bonds is 12. The molecule has 0 amide bonds. The smallest absolute Gasteiger partial charge is 0.395 e. The summed E-state index contributed by atoms with van der Waals surface area (Å²) in [4.78, 5) is 1.88. The zero-order valence-corrected chi connectivity index (χ0v) is 20.1. The van der Waals surface area contributed by atoms with Crippen molar-refractivity contribution in [2.24, 2.45) is 11.8 Å². The molecule has 1 saturated carbocycles. The quantitative estimate of drug-likeness (QED) is 0.357. The Kier molecular flexibility index (Phi) is 10.8. The number of hydrogen-bond donors (Lipinski definition) is 1. The van der Waals surface area contributed by atoms with E-state index in [1.807, 2.05) is 24.1 Å². The molecule has 1 aromatic rings. The number of alkyl halides is 3. The van der Waals surface area contributed by atoms with Crippen molar-refractivity contribution in [1.82, 2.24) is 9.21 Å². The Morgan fingerprint density at radius 3 is 2.24 bits per heavy atom. The highest BCUT2D eigenvalue weighted by atomic mass is 32.2. The molecule has 1 fully saturated rings. The van der Waals surface area contributed by atoms with Gasteiger partial charge in [-0.15, -0.1) is 0 Å². The number of aliphatic hydroxyl groups excluding tert-OH is 1. The van der Waals surface area contributed by atoms with Gasteiger partial charge in [0.15, 0.2) is 0 Å². The standard InChI is InChI=1S/C23H35F3N2O4S/c1-27(14-15-29)13-3-4-16-32-18-20-7-5-19(6-8-20)17-28(2)33(30,31)22-11-9-21(10-12-22)23(24,25)26/h3-4,9-12,19-20,29H,5-8,13-18H2,1-2H3/t19-,20-. The summed E-state index contributed by atoms with van der Waals surface area (Å²) in [7, 11) is -0.416. The molecule has 0 radical (unpaired) electrons. The number of halogens is 3. The van der Waals surface area contributed by atoms with Crippen LogP contribution in [0.3, 0.4) is 0 Å². The van der Waals surface area contributed by atoms with E-state index in [1.165, 1.54) is 11.4 Å². The number of aliphatic hydroxyl groups is 1. The second-order valence-electron chi connectivity index (χ2n) is 8.69. The van der Waals surface area contributed by atoms with E-state index in [0.717, 1.165) is 56.5 Å². The maximum absolute atomic E-state index is 12.7. The monoisotopic (exact) mass is 492 g/mol. The average Bonchev–Trinajstić information content (AvgIpc) is 2.77. The summed E-state index contributed by atoms with van der Waals surface area (Å²) < 4.78 is 70.6. The molecule has 0 atom stereocenters. The van der Waals surface area contributed by atoms with E-state index in [4.69, 9.17) is 9.84 Å². The molecule has 1 N–H and O–H groups in total. The number of hydrogen-bond acceptors (Lipinski definition) is 5. The van der Waals surface area contributed by atoms with E-state index in [1.54, 1.807) is 0 Å². The Morgan fingerprint density at radius 1 is 1.06 bits per heavy atom. The lowest BCUT2D eigenvalue weighted by atomic mass is 9.82. The maximum atomic E-state index is 12.7. The number of benzene rings is 1. The Morgan fingerprint density at radius 2 is 1.67 bits per heavy atom. The third kappa shape index (κ3) is 9.01. The number of ether oxygens (including phenoxy) is 1. The summed E-state index contributed by atoms with van der Waals surface area (Å²) in [5.74, 6) is 0.668. The fraction of sp³-hybridized carbons (Fsp3) is 0.652. The van der Waals surface area contributed by atoms with Gasteiger partial charge in [-0.1, -0.05) is 12.2 Å². The van der Waals surface area contributed by atoms with Crippen molar-refractivity contribution in [3.05, 3.63) is 42.0 Å². The van der Waals surface area contributed by atoms with Crippen molar-refractivity contribution in [2.45, 2.75) is 36.8 Å². The van der Waals surface area contributed by atoms with Crippen LogP contribution in [-0.2, 0) is 20.9 Å². The Labute approximate surface area is 195 Å². The van der Waals surface area contributed by atoms with Crippen molar-refractivity contribution in [3.8, 4) is 0 Å². The summed E-state index contributed by atoms with van der Waals surface area (Å²) in [6.45, 7) is 3.10. The first-order valence-corrected chi connectivity index (χ1v) is 12.6. The van der Waals surface area contributed by atoms with Crippen molar-refractivity contribution in [3.63, 3.8) is 0 Å². The van der Waals surface area contributed by atoms with E-state index in [0.29, 0.717) is 32.2 Å². The normalized spacial score (nSPS) is 20.2. The van der Waals surface area contributed by atoms with Crippen LogP contribution in [0, 0.1) is 11.8 Å². The first-order chi connectivity index (χ1) is 15.5. The van der Waals surface area contributed by atoms with Gasteiger partial charge in [-0.25, -0.2) is 12.7 Å². The molecule has 1 aromatic carbocycles. The molecule has 6 nitrogen and oxygen atoms in total. The Bertz CT molecular complexity index is 836. The molecule has 0 heterocycles. The van der Waals surface area contributed by atoms with E-state index in [9.17, 15) is 21.6 Å². The number of likely N-dealkylation sites (N-methyl/N-ethyl adjacent to an activating group) is 1. The zero-order valence-electron chi connectivity index (χ0n) is 19.3. The minimum Gasteiger partial charge on any atom is -0.395 e. The van der Waals surface area contributed by atoms with Crippen LogP contribution in [0.25, 0.3) is 0 Å². The third-order valence-electron chi connectivity index (χ3n) is 6.00. The van der Waals surface area contributed by atoms with Crippen molar-refractivity contribution >= 4 is 10.0 Å². The van der Waals surface area contributed by atoms with Gasteiger partial charge in [0.05, 0.1) is 23.7 Å². The highest BCUT2D eigenvalue weighted by Crippen LogP contribution is 2.32. The van der Waals surface area contributed by atoms with Gasteiger partial charge in [0.2, 0.25) is 10.0 Å². The maximum Gasteiger partial charge on any atom is 0.416 e. The molecular formula is C23H35F3N2O4S. The third-order valence-corrected chi connectivity index (χ3v) is 7.84.